The molecule has 100 valence electrons. The molecule has 0 nitrogen and oxygen atoms in total. The average molecular weight is 276 g/mol. The lowest BCUT2D eigenvalue weighted by molar-refractivity contribution is 1.18. The van der Waals surface area contributed by atoms with E-state index in [-0.39, 0.29) is 0 Å². The molecule has 2 aromatic carbocycles. The molecule has 20 heavy (non-hydrogen) atoms. The monoisotopic (exact) mass is 276 g/mol. The van der Waals surface area contributed by atoms with Crippen LogP contribution in [0.1, 0.15) is 6.92 Å². The molecule has 1 unspecified atom stereocenters. The number of rotatable bonds is 3. The fourth-order valence-corrected chi connectivity index (χ4v) is 7.64. The zero-order valence-electron chi connectivity index (χ0n) is 12.1. The summed E-state index contributed by atoms with van der Waals surface area (Å²) in [4.78, 5) is 0. The highest BCUT2D eigenvalue weighted by Gasteiger charge is 2.40. The first-order valence-electron chi connectivity index (χ1n) is 7.19. The average Bonchev–Trinajstić information content (AvgIpc) is 2.95. The molecule has 2 aromatic rings. The van der Waals surface area contributed by atoms with E-state index in [4.69, 9.17) is 0 Å². The Morgan fingerprint density at radius 1 is 0.800 bits per heavy atom. The third-order valence-corrected chi connectivity index (χ3v) is 9.48. The van der Waals surface area contributed by atoms with Crippen LogP contribution in [0.5, 0.6) is 0 Å². The molecule has 0 heterocycles. The second-order valence-electron chi connectivity index (χ2n) is 5.71. The zero-order valence-corrected chi connectivity index (χ0v) is 13.1. The molecule has 0 aliphatic heterocycles. The van der Waals surface area contributed by atoms with Gasteiger partial charge in [-0.3, -0.25) is 0 Å². The van der Waals surface area contributed by atoms with Crippen molar-refractivity contribution in [3.05, 3.63) is 84.5 Å². The van der Waals surface area contributed by atoms with Gasteiger partial charge >= 0.3 is 0 Å². The zero-order chi connectivity index (χ0) is 14.0. The second-order valence-corrected chi connectivity index (χ2v) is 9.89. The van der Waals surface area contributed by atoms with Crippen LogP contribution in [-0.2, 0) is 0 Å². The van der Waals surface area contributed by atoms with E-state index >= 15 is 0 Å². The van der Waals surface area contributed by atoms with Crippen LogP contribution < -0.4 is 10.4 Å². The lowest BCUT2D eigenvalue weighted by Gasteiger charge is -2.35. The largest absolute Gasteiger partial charge is 0.125 e. The molecule has 0 radical (unpaired) electrons. The Kier molecular flexibility index (Phi) is 3.45. The van der Waals surface area contributed by atoms with E-state index in [1.54, 1.807) is 0 Å². The van der Waals surface area contributed by atoms with Crippen LogP contribution in [0.4, 0.5) is 0 Å². The highest BCUT2D eigenvalue weighted by atomic mass is 28.3. The summed E-state index contributed by atoms with van der Waals surface area (Å²) < 4.78 is 0. The summed E-state index contributed by atoms with van der Waals surface area (Å²) in [5.41, 5.74) is 2.05. The number of hydrogen-bond donors (Lipinski definition) is 0. The summed E-state index contributed by atoms with van der Waals surface area (Å²) in [7, 11) is -1.79. The lowest BCUT2D eigenvalue weighted by atomic mass is 10.3. The topological polar surface area (TPSA) is 0 Å². The standard InChI is InChI=1S/C19H20Si/c1-16-10-9-15-19(16)20(2,17-11-5-3-6-12-17)18-13-7-4-8-14-18/h3-15,19H,1-2H3. The SMILES string of the molecule is CC1=CC=CC1[Si](C)(c1ccccc1)c1ccccc1. The van der Waals surface area contributed by atoms with Crippen molar-refractivity contribution in [2.45, 2.75) is 19.0 Å². The van der Waals surface area contributed by atoms with Gasteiger partial charge in [-0.1, -0.05) is 101 Å². The van der Waals surface area contributed by atoms with Crippen LogP contribution in [0.15, 0.2) is 84.5 Å². The molecule has 1 heteroatoms. The van der Waals surface area contributed by atoms with Crippen molar-refractivity contribution in [3.63, 3.8) is 0 Å². The molecule has 0 bridgehead atoms. The van der Waals surface area contributed by atoms with Gasteiger partial charge in [0.25, 0.3) is 0 Å². The number of allylic oxidation sites excluding steroid dienone is 4. The molecule has 0 saturated carbocycles. The molecular weight excluding hydrogens is 256 g/mol. The smallest absolute Gasteiger partial charge is 0.0794 e. The molecule has 0 aromatic heterocycles. The Labute approximate surface area is 122 Å². The van der Waals surface area contributed by atoms with Crippen molar-refractivity contribution >= 4 is 18.4 Å². The summed E-state index contributed by atoms with van der Waals surface area (Å²) in [6.07, 6.45) is 6.88. The van der Waals surface area contributed by atoms with Crippen LogP contribution in [0, 0.1) is 0 Å². The normalized spacial score (nSPS) is 18.1. The number of hydrogen-bond acceptors (Lipinski definition) is 0. The minimum absolute atomic E-state index is 0.562. The van der Waals surface area contributed by atoms with Gasteiger partial charge in [-0.25, -0.2) is 0 Å². The quantitative estimate of drug-likeness (QED) is 0.749. The Balaban J connectivity index is 2.18. The Morgan fingerprint density at radius 3 is 1.70 bits per heavy atom. The Morgan fingerprint density at radius 2 is 1.30 bits per heavy atom. The van der Waals surface area contributed by atoms with Gasteiger partial charge in [-0.2, -0.15) is 0 Å². The van der Waals surface area contributed by atoms with Crippen molar-refractivity contribution in [2.75, 3.05) is 0 Å². The van der Waals surface area contributed by atoms with E-state index in [0.29, 0.717) is 5.54 Å². The van der Waals surface area contributed by atoms with Crippen LogP contribution in [0.2, 0.25) is 12.1 Å². The fraction of sp³-hybridized carbons (Fsp3) is 0.158. The predicted octanol–water partition coefficient (Wildman–Crippen LogP) is 3.77. The summed E-state index contributed by atoms with van der Waals surface area (Å²) in [6, 6.07) is 22.1. The van der Waals surface area contributed by atoms with Crippen LogP contribution in [-0.4, -0.2) is 8.07 Å². The third-order valence-electron chi connectivity index (χ3n) is 4.52. The minimum atomic E-state index is -1.79. The van der Waals surface area contributed by atoms with E-state index < -0.39 is 8.07 Å². The maximum Gasteiger partial charge on any atom is 0.125 e. The van der Waals surface area contributed by atoms with Crippen LogP contribution in [0.25, 0.3) is 0 Å². The molecule has 0 saturated heterocycles. The molecule has 1 aliphatic rings. The van der Waals surface area contributed by atoms with Crippen molar-refractivity contribution in [3.8, 4) is 0 Å². The van der Waals surface area contributed by atoms with Crippen LogP contribution >= 0.6 is 0 Å². The number of benzene rings is 2. The fourth-order valence-electron chi connectivity index (χ4n) is 3.32. The van der Waals surface area contributed by atoms with Gasteiger partial charge in [0.1, 0.15) is 8.07 Å². The first-order chi connectivity index (χ1) is 9.73. The first-order valence-corrected chi connectivity index (χ1v) is 9.76. The van der Waals surface area contributed by atoms with Crippen molar-refractivity contribution in [1.29, 1.82) is 0 Å². The van der Waals surface area contributed by atoms with Gasteiger partial charge < -0.3 is 0 Å². The molecule has 1 aliphatic carbocycles. The van der Waals surface area contributed by atoms with E-state index in [1.165, 1.54) is 15.9 Å². The summed E-state index contributed by atoms with van der Waals surface area (Å²) in [5.74, 6) is 0. The molecule has 3 rings (SSSR count). The van der Waals surface area contributed by atoms with Gasteiger partial charge in [-0.05, 0) is 6.92 Å². The maximum atomic E-state index is 2.50. The summed E-state index contributed by atoms with van der Waals surface area (Å²) in [5, 5.41) is 3.02. The van der Waals surface area contributed by atoms with Gasteiger partial charge in [0.2, 0.25) is 0 Å². The van der Waals surface area contributed by atoms with Gasteiger partial charge in [0.15, 0.2) is 0 Å². The summed E-state index contributed by atoms with van der Waals surface area (Å²) >= 11 is 0. The predicted molar refractivity (Wildman–Crippen MR) is 90.4 cm³/mol. The van der Waals surface area contributed by atoms with E-state index in [9.17, 15) is 0 Å². The highest BCUT2D eigenvalue weighted by molar-refractivity contribution is 7.03. The van der Waals surface area contributed by atoms with Gasteiger partial charge in [0.05, 0.1) is 0 Å². The molecule has 0 fully saturated rings. The van der Waals surface area contributed by atoms with Crippen molar-refractivity contribution in [2.24, 2.45) is 0 Å². The molecule has 0 amide bonds. The minimum Gasteiger partial charge on any atom is -0.0794 e. The molecule has 1 atom stereocenters. The second kappa shape index (κ2) is 5.26. The first kappa shape index (κ1) is 13.1. The van der Waals surface area contributed by atoms with Gasteiger partial charge in [0, 0.05) is 5.54 Å². The Hall–Kier alpha value is -1.86. The van der Waals surface area contributed by atoms with E-state index in [0.717, 1.165) is 0 Å². The highest BCUT2D eigenvalue weighted by Crippen LogP contribution is 2.34. The van der Waals surface area contributed by atoms with Gasteiger partial charge in [-0.15, -0.1) is 0 Å². The third kappa shape index (κ3) is 2.08. The van der Waals surface area contributed by atoms with Crippen molar-refractivity contribution < 1.29 is 0 Å². The summed E-state index contributed by atoms with van der Waals surface area (Å²) in [6.45, 7) is 4.76. The van der Waals surface area contributed by atoms with E-state index in [1.807, 2.05) is 0 Å². The molecule has 0 spiro atoms. The lowest BCUT2D eigenvalue weighted by Crippen LogP contribution is -2.58. The molecule has 0 N–H and O–H groups in total. The molecular formula is C19H20Si. The van der Waals surface area contributed by atoms with Crippen molar-refractivity contribution in [1.82, 2.24) is 0 Å². The Bertz CT molecular complexity index is 598. The maximum absolute atomic E-state index is 2.50. The van der Waals surface area contributed by atoms with Crippen LogP contribution in [0.3, 0.4) is 0 Å². The van der Waals surface area contributed by atoms with E-state index in [2.05, 4.69) is 92.4 Å².